The lowest BCUT2D eigenvalue weighted by Gasteiger charge is -2.57. The second-order valence-electron chi connectivity index (χ2n) is 7.76. The van der Waals surface area contributed by atoms with Crippen LogP contribution in [0.15, 0.2) is 4.99 Å². The standard InChI is InChI=1S/C18H32N4O2.HI/c1-19-17(20-7-8-22-9-12-23-13-10-22)21-15-14-4-11-24-16(14)18(15)5-2-3-6-18;/h14-16H,2-13H2,1H3,(H2,19,20,21);1H. The summed E-state index contributed by atoms with van der Waals surface area (Å²) in [6.45, 7) is 6.74. The zero-order chi connectivity index (χ0) is 16.4. The molecule has 3 unspecified atom stereocenters. The Kier molecular flexibility index (Phi) is 6.84. The molecule has 0 radical (unpaired) electrons. The van der Waals surface area contributed by atoms with Gasteiger partial charge < -0.3 is 20.1 Å². The van der Waals surface area contributed by atoms with E-state index in [0.717, 1.165) is 52.0 Å². The molecule has 2 heterocycles. The van der Waals surface area contributed by atoms with Crippen molar-refractivity contribution in [3.05, 3.63) is 0 Å². The monoisotopic (exact) mass is 464 g/mol. The van der Waals surface area contributed by atoms with Gasteiger partial charge in [-0.2, -0.15) is 0 Å². The van der Waals surface area contributed by atoms with E-state index in [1.165, 1.54) is 32.1 Å². The maximum Gasteiger partial charge on any atom is 0.191 e. The summed E-state index contributed by atoms with van der Waals surface area (Å²) in [5.41, 5.74) is 0.378. The van der Waals surface area contributed by atoms with Crippen molar-refractivity contribution in [2.75, 3.05) is 53.0 Å². The second-order valence-corrected chi connectivity index (χ2v) is 7.76. The number of halogens is 1. The van der Waals surface area contributed by atoms with Crippen molar-refractivity contribution in [3.8, 4) is 0 Å². The number of morpholine rings is 1. The average molecular weight is 464 g/mol. The minimum atomic E-state index is 0. The topological polar surface area (TPSA) is 58.1 Å². The predicted octanol–water partition coefficient (Wildman–Crippen LogP) is 1.45. The third-order valence-electron chi connectivity index (χ3n) is 6.63. The van der Waals surface area contributed by atoms with E-state index in [9.17, 15) is 0 Å². The van der Waals surface area contributed by atoms with Crippen LogP contribution >= 0.6 is 24.0 Å². The first kappa shape index (κ1) is 19.6. The third-order valence-corrected chi connectivity index (χ3v) is 6.63. The lowest BCUT2D eigenvalue weighted by atomic mass is 9.54. The summed E-state index contributed by atoms with van der Waals surface area (Å²) in [6.07, 6.45) is 7.05. The number of ether oxygens (including phenoxy) is 2. The number of guanidine groups is 1. The van der Waals surface area contributed by atoms with Crippen LogP contribution in [-0.4, -0.2) is 76.1 Å². The van der Waals surface area contributed by atoms with Crippen LogP contribution in [0.4, 0.5) is 0 Å². The van der Waals surface area contributed by atoms with E-state index < -0.39 is 0 Å². The van der Waals surface area contributed by atoms with Crippen molar-refractivity contribution in [2.24, 2.45) is 16.3 Å². The number of aliphatic imine (C=N–C) groups is 1. The molecule has 4 rings (SSSR count). The molecule has 25 heavy (non-hydrogen) atoms. The van der Waals surface area contributed by atoms with Crippen LogP contribution in [0.5, 0.6) is 0 Å². The van der Waals surface area contributed by atoms with Crippen molar-refractivity contribution >= 4 is 29.9 Å². The van der Waals surface area contributed by atoms with Crippen molar-refractivity contribution in [2.45, 2.75) is 44.2 Å². The van der Waals surface area contributed by atoms with E-state index in [2.05, 4.69) is 20.5 Å². The van der Waals surface area contributed by atoms with Gasteiger partial charge in [0.05, 0.1) is 19.3 Å². The second kappa shape index (κ2) is 8.71. The van der Waals surface area contributed by atoms with E-state index in [-0.39, 0.29) is 24.0 Å². The van der Waals surface area contributed by atoms with Crippen molar-refractivity contribution in [3.63, 3.8) is 0 Å². The van der Waals surface area contributed by atoms with Gasteiger partial charge in [0.2, 0.25) is 0 Å². The Labute approximate surface area is 168 Å². The van der Waals surface area contributed by atoms with Gasteiger partial charge in [-0.1, -0.05) is 12.8 Å². The van der Waals surface area contributed by atoms with Gasteiger partial charge in [0.15, 0.2) is 5.96 Å². The Morgan fingerprint density at radius 1 is 1.20 bits per heavy atom. The number of rotatable bonds is 4. The molecule has 4 aliphatic rings. The summed E-state index contributed by atoms with van der Waals surface area (Å²) in [4.78, 5) is 6.92. The summed E-state index contributed by atoms with van der Waals surface area (Å²) in [5.74, 6) is 1.64. The summed E-state index contributed by atoms with van der Waals surface area (Å²) in [6, 6.07) is 0.544. The minimum absolute atomic E-state index is 0. The van der Waals surface area contributed by atoms with Gasteiger partial charge >= 0.3 is 0 Å². The van der Waals surface area contributed by atoms with Crippen LogP contribution in [0, 0.1) is 11.3 Å². The third kappa shape index (κ3) is 3.80. The maximum absolute atomic E-state index is 6.08. The number of hydrogen-bond donors (Lipinski definition) is 2. The van der Waals surface area contributed by atoms with Crippen LogP contribution in [-0.2, 0) is 9.47 Å². The Morgan fingerprint density at radius 3 is 2.68 bits per heavy atom. The molecule has 2 saturated carbocycles. The molecule has 2 aliphatic heterocycles. The van der Waals surface area contributed by atoms with Crippen molar-refractivity contribution < 1.29 is 9.47 Å². The molecule has 7 heteroatoms. The molecule has 144 valence electrons. The summed E-state index contributed by atoms with van der Waals surface area (Å²) in [7, 11) is 1.88. The Balaban J connectivity index is 0.00000182. The molecule has 0 aromatic carbocycles. The highest BCUT2D eigenvalue weighted by Gasteiger charge is 2.65. The summed E-state index contributed by atoms with van der Waals surface area (Å²) in [5, 5.41) is 7.28. The Hall–Kier alpha value is -0.120. The van der Waals surface area contributed by atoms with Gasteiger partial charge in [0.1, 0.15) is 0 Å². The van der Waals surface area contributed by atoms with Gasteiger partial charge in [-0.3, -0.25) is 9.89 Å². The fourth-order valence-electron chi connectivity index (χ4n) is 5.40. The average Bonchev–Trinajstić information content (AvgIpc) is 3.27. The predicted molar refractivity (Wildman–Crippen MR) is 110 cm³/mol. The zero-order valence-corrected chi connectivity index (χ0v) is 17.7. The number of nitrogens with zero attached hydrogens (tertiary/aromatic N) is 2. The SMILES string of the molecule is CN=C(NCCN1CCOCC1)NC1C2CCOC2C12CCCC2.I. The number of hydrogen-bond acceptors (Lipinski definition) is 4. The molecule has 3 atom stereocenters. The molecule has 2 saturated heterocycles. The molecule has 0 aromatic heterocycles. The molecule has 6 nitrogen and oxygen atoms in total. The van der Waals surface area contributed by atoms with Gasteiger partial charge in [-0.25, -0.2) is 0 Å². The van der Waals surface area contributed by atoms with Gasteiger partial charge in [-0.15, -0.1) is 24.0 Å². The lowest BCUT2D eigenvalue weighted by Crippen LogP contribution is -2.69. The normalized spacial score (nSPS) is 34.3. The van der Waals surface area contributed by atoms with Gasteiger partial charge in [0, 0.05) is 57.2 Å². The molecule has 1 spiro atoms. The van der Waals surface area contributed by atoms with Crippen LogP contribution in [0.1, 0.15) is 32.1 Å². The Morgan fingerprint density at radius 2 is 1.96 bits per heavy atom. The summed E-state index contributed by atoms with van der Waals surface area (Å²) >= 11 is 0. The molecule has 4 fully saturated rings. The molecule has 2 N–H and O–H groups in total. The highest BCUT2D eigenvalue weighted by molar-refractivity contribution is 14.0. The smallest absolute Gasteiger partial charge is 0.191 e. The van der Waals surface area contributed by atoms with Gasteiger partial charge in [-0.05, 0) is 19.3 Å². The highest BCUT2D eigenvalue weighted by atomic mass is 127. The van der Waals surface area contributed by atoms with E-state index in [1.54, 1.807) is 0 Å². The minimum Gasteiger partial charge on any atom is -0.379 e. The van der Waals surface area contributed by atoms with E-state index >= 15 is 0 Å². The first-order valence-electron chi connectivity index (χ1n) is 9.72. The Bertz CT molecular complexity index is 464. The molecular formula is C18H33IN4O2. The van der Waals surface area contributed by atoms with Crippen LogP contribution in [0.2, 0.25) is 0 Å². The van der Waals surface area contributed by atoms with E-state index in [0.29, 0.717) is 23.5 Å². The number of fused-ring (bicyclic) bond motifs is 2. The molecule has 2 aliphatic carbocycles. The van der Waals surface area contributed by atoms with E-state index in [4.69, 9.17) is 9.47 Å². The van der Waals surface area contributed by atoms with Crippen LogP contribution in [0.25, 0.3) is 0 Å². The summed E-state index contributed by atoms with van der Waals surface area (Å²) < 4.78 is 11.5. The molecule has 0 bridgehead atoms. The quantitative estimate of drug-likeness (QED) is 0.375. The van der Waals surface area contributed by atoms with Gasteiger partial charge in [0.25, 0.3) is 0 Å². The van der Waals surface area contributed by atoms with Crippen molar-refractivity contribution in [1.29, 1.82) is 0 Å². The van der Waals surface area contributed by atoms with Crippen LogP contribution < -0.4 is 10.6 Å². The number of nitrogens with one attached hydrogen (secondary N) is 2. The molecular weight excluding hydrogens is 431 g/mol. The molecule has 0 aromatic rings. The highest BCUT2D eigenvalue weighted by Crippen LogP contribution is 2.60. The maximum atomic E-state index is 6.08. The largest absolute Gasteiger partial charge is 0.379 e. The fourth-order valence-corrected chi connectivity index (χ4v) is 5.40. The first-order valence-corrected chi connectivity index (χ1v) is 9.72. The first-order chi connectivity index (χ1) is 11.8. The van der Waals surface area contributed by atoms with Crippen LogP contribution in [0.3, 0.4) is 0 Å². The lowest BCUT2D eigenvalue weighted by molar-refractivity contribution is -0.125. The van der Waals surface area contributed by atoms with Crippen molar-refractivity contribution in [1.82, 2.24) is 15.5 Å². The fraction of sp³-hybridized carbons (Fsp3) is 0.944. The zero-order valence-electron chi connectivity index (χ0n) is 15.3. The molecule has 0 amide bonds. The van der Waals surface area contributed by atoms with E-state index in [1.807, 2.05) is 7.05 Å².